The quantitative estimate of drug-likeness (QED) is 0.489. The molecule has 0 radical (unpaired) electrons. The highest BCUT2D eigenvalue weighted by Crippen LogP contribution is 2.22. The maximum absolute atomic E-state index is 9.09. The summed E-state index contributed by atoms with van der Waals surface area (Å²) in [5, 5.41) is 9.09. The topological polar surface area (TPSA) is 87.3 Å². The van der Waals surface area contributed by atoms with E-state index >= 15 is 0 Å². The molecule has 1 aromatic heterocycles. The fraction of sp³-hybridized carbons (Fsp3) is 0.600. The van der Waals surface area contributed by atoms with Crippen LogP contribution in [0.25, 0.3) is 0 Å². The first-order valence-electron chi connectivity index (χ1n) is 5.41. The molecular weight excluding hydrogens is 206 g/mol. The van der Waals surface area contributed by atoms with Crippen molar-refractivity contribution in [3.05, 3.63) is 11.8 Å². The van der Waals surface area contributed by atoms with Crippen molar-refractivity contribution in [3.8, 4) is 0 Å². The van der Waals surface area contributed by atoms with Gasteiger partial charge < -0.3 is 10.0 Å². The van der Waals surface area contributed by atoms with E-state index in [0.717, 1.165) is 31.0 Å². The molecule has 1 atom stereocenters. The standard InChI is InChI=1S/C10H17N5O/c1-7-4-9(13-10(12-7)14-11)15-3-2-8(5-15)6-16/h4,8,16H,2-3,5-6,11H2,1H3,(H,12,13,14). The highest BCUT2D eigenvalue weighted by molar-refractivity contribution is 5.45. The van der Waals surface area contributed by atoms with Crippen LogP contribution in [0.2, 0.25) is 0 Å². The van der Waals surface area contributed by atoms with Crippen LogP contribution in [0, 0.1) is 12.8 Å². The lowest BCUT2D eigenvalue weighted by Crippen LogP contribution is -2.23. The normalized spacial score (nSPS) is 20.2. The Morgan fingerprint density at radius 3 is 3.06 bits per heavy atom. The summed E-state index contributed by atoms with van der Waals surface area (Å²) in [6.07, 6.45) is 1.00. The molecule has 0 aliphatic carbocycles. The van der Waals surface area contributed by atoms with Crippen molar-refractivity contribution in [1.29, 1.82) is 0 Å². The second-order valence-corrected chi connectivity index (χ2v) is 4.12. The molecule has 0 spiro atoms. The Morgan fingerprint density at radius 1 is 1.62 bits per heavy atom. The zero-order valence-electron chi connectivity index (χ0n) is 9.35. The average Bonchev–Trinajstić information content (AvgIpc) is 2.76. The summed E-state index contributed by atoms with van der Waals surface area (Å²) < 4.78 is 0. The van der Waals surface area contributed by atoms with Gasteiger partial charge in [-0.1, -0.05) is 0 Å². The first-order valence-corrected chi connectivity index (χ1v) is 5.41. The van der Waals surface area contributed by atoms with Crippen LogP contribution >= 0.6 is 0 Å². The van der Waals surface area contributed by atoms with Crippen molar-refractivity contribution in [2.24, 2.45) is 11.8 Å². The second kappa shape index (κ2) is 4.63. The number of nitrogens with one attached hydrogen (secondary N) is 1. The minimum Gasteiger partial charge on any atom is -0.396 e. The van der Waals surface area contributed by atoms with Crippen LogP contribution in [-0.2, 0) is 0 Å². The van der Waals surface area contributed by atoms with Crippen molar-refractivity contribution >= 4 is 11.8 Å². The Balaban J connectivity index is 2.17. The lowest BCUT2D eigenvalue weighted by Gasteiger charge is -2.18. The Bertz CT molecular complexity index is 370. The van der Waals surface area contributed by atoms with E-state index in [4.69, 9.17) is 10.9 Å². The van der Waals surface area contributed by atoms with Gasteiger partial charge in [0.25, 0.3) is 0 Å². The van der Waals surface area contributed by atoms with Crippen molar-refractivity contribution in [3.63, 3.8) is 0 Å². The summed E-state index contributed by atoms with van der Waals surface area (Å²) in [7, 11) is 0. The van der Waals surface area contributed by atoms with Gasteiger partial charge in [-0.3, -0.25) is 5.43 Å². The molecule has 2 rings (SSSR count). The number of hydrazine groups is 1. The van der Waals surface area contributed by atoms with Crippen LogP contribution in [0.4, 0.5) is 11.8 Å². The number of nitrogens with two attached hydrogens (primary N) is 1. The number of nitrogens with zero attached hydrogens (tertiary/aromatic N) is 3. The predicted octanol–water partition coefficient (Wildman–Crippen LogP) is -0.111. The number of hydrogen-bond donors (Lipinski definition) is 3. The number of hydrogen-bond acceptors (Lipinski definition) is 6. The molecule has 6 heteroatoms. The van der Waals surface area contributed by atoms with Crippen LogP contribution in [0.1, 0.15) is 12.1 Å². The Morgan fingerprint density at radius 2 is 2.44 bits per heavy atom. The maximum Gasteiger partial charge on any atom is 0.239 e. The van der Waals surface area contributed by atoms with Crippen molar-refractivity contribution in [1.82, 2.24) is 9.97 Å². The molecule has 2 heterocycles. The van der Waals surface area contributed by atoms with E-state index in [-0.39, 0.29) is 6.61 Å². The summed E-state index contributed by atoms with van der Waals surface area (Å²) in [6, 6.07) is 1.93. The Kier molecular flexibility index (Phi) is 3.21. The van der Waals surface area contributed by atoms with Gasteiger partial charge in [0.2, 0.25) is 5.95 Å². The number of nitrogen functional groups attached to an aromatic ring is 1. The molecule has 1 aromatic rings. The number of aliphatic hydroxyl groups excluding tert-OH is 1. The zero-order valence-corrected chi connectivity index (χ0v) is 9.35. The van der Waals surface area contributed by atoms with E-state index in [0.29, 0.717) is 11.9 Å². The van der Waals surface area contributed by atoms with Crippen LogP contribution < -0.4 is 16.2 Å². The Labute approximate surface area is 94.5 Å². The van der Waals surface area contributed by atoms with Crippen molar-refractivity contribution < 1.29 is 5.11 Å². The van der Waals surface area contributed by atoms with E-state index in [1.54, 1.807) is 0 Å². The molecule has 1 unspecified atom stereocenters. The summed E-state index contributed by atoms with van der Waals surface area (Å²) >= 11 is 0. The smallest absolute Gasteiger partial charge is 0.239 e. The summed E-state index contributed by atoms with van der Waals surface area (Å²) in [4.78, 5) is 10.6. The molecule has 0 amide bonds. The first-order chi connectivity index (χ1) is 7.72. The molecule has 1 aliphatic rings. The minimum absolute atomic E-state index is 0.239. The average molecular weight is 223 g/mol. The third kappa shape index (κ3) is 2.23. The van der Waals surface area contributed by atoms with Crippen LogP contribution in [0.3, 0.4) is 0 Å². The number of aromatic nitrogens is 2. The van der Waals surface area contributed by atoms with Gasteiger partial charge in [0, 0.05) is 37.4 Å². The van der Waals surface area contributed by atoms with Gasteiger partial charge in [-0.05, 0) is 13.3 Å². The predicted molar refractivity (Wildman–Crippen MR) is 62.0 cm³/mol. The highest BCUT2D eigenvalue weighted by Gasteiger charge is 2.23. The lowest BCUT2D eigenvalue weighted by atomic mass is 10.1. The van der Waals surface area contributed by atoms with E-state index in [2.05, 4.69) is 20.3 Å². The highest BCUT2D eigenvalue weighted by atomic mass is 16.3. The maximum atomic E-state index is 9.09. The molecule has 1 aliphatic heterocycles. The molecule has 4 N–H and O–H groups in total. The number of anilines is 2. The van der Waals surface area contributed by atoms with Crippen LogP contribution in [-0.4, -0.2) is 34.8 Å². The SMILES string of the molecule is Cc1cc(N2CCC(CO)C2)nc(NN)n1. The van der Waals surface area contributed by atoms with Gasteiger partial charge in [0.1, 0.15) is 5.82 Å². The van der Waals surface area contributed by atoms with E-state index in [1.807, 2.05) is 13.0 Å². The molecule has 16 heavy (non-hydrogen) atoms. The van der Waals surface area contributed by atoms with E-state index < -0.39 is 0 Å². The van der Waals surface area contributed by atoms with Gasteiger partial charge in [0.05, 0.1) is 0 Å². The van der Waals surface area contributed by atoms with Gasteiger partial charge in [0.15, 0.2) is 0 Å². The lowest BCUT2D eigenvalue weighted by molar-refractivity contribution is 0.238. The van der Waals surface area contributed by atoms with E-state index in [1.165, 1.54) is 0 Å². The minimum atomic E-state index is 0.239. The van der Waals surface area contributed by atoms with Crippen molar-refractivity contribution in [2.75, 3.05) is 30.0 Å². The molecule has 0 saturated carbocycles. The van der Waals surface area contributed by atoms with Gasteiger partial charge in [-0.2, -0.15) is 4.98 Å². The van der Waals surface area contributed by atoms with Gasteiger partial charge in [-0.15, -0.1) is 0 Å². The summed E-state index contributed by atoms with van der Waals surface area (Å²) in [6.45, 7) is 3.91. The number of aryl methyl sites for hydroxylation is 1. The second-order valence-electron chi connectivity index (χ2n) is 4.12. The molecule has 6 nitrogen and oxygen atoms in total. The van der Waals surface area contributed by atoms with Crippen LogP contribution in [0.15, 0.2) is 6.07 Å². The molecule has 88 valence electrons. The van der Waals surface area contributed by atoms with E-state index in [9.17, 15) is 0 Å². The molecule has 1 saturated heterocycles. The van der Waals surface area contributed by atoms with Gasteiger partial charge in [-0.25, -0.2) is 10.8 Å². The molecule has 0 bridgehead atoms. The largest absolute Gasteiger partial charge is 0.396 e. The van der Waals surface area contributed by atoms with Crippen molar-refractivity contribution in [2.45, 2.75) is 13.3 Å². The molecule has 1 fully saturated rings. The fourth-order valence-corrected chi connectivity index (χ4v) is 1.97. The monoisotopic (exact) mass is 223 g/mol. The zero-order chi connectivity index (χ0) is 11.5. The van der Waals surface area contributed by atoms with Gasteiger partial charge >= 0.3 is 0 Å². The number of rotatable bonds is 3. The first kappa shape index (κ1) is 11.1. The molecule has 0 aromatic carbocycles. The number of aliphatic hydroxyl groups is 1. The third-order valence-electron chi connectivity index (χ3n) is 2.84. The summed E-state index contributed by atoms with van der Waals surface area (Å²) in [5.74, 6) is 6.96. The summed E-state index contributed by atoms with van der Waals surface area (Å²) in [5.41, 5.74) is 3.34. The van der Waals surface area contributed by atoms with Crippen LogP contribution in [0.5, 0.6) is 0 Å². The fourth-order valence-electron chi connectivity index (χ4n) is 1.97. The Hall–Kier alpha value is -1.40. The third-order valence-corrected chi connectivity index (χ3v) is 2.84. The molecular formula is C10H17N5O.